The van der Waals surface area contributed by atoms with Crippen LogP contribution in [-0.4, -0.2) is 45.2 Å². The van der Waals surface area contributed by atoms with Crippen molar-refractivity contribution in [1.29, 1.82) is 0 Å². The molecule has 1 amide bonds. The van der Waals surface area contributed by atoms with Gasteiger partial charge < -0.3 is 10.1 Å². The predicted molar refractivity (Wildman–Crippen MR) is 105 cm³/mol. The van der Waals surface area contributed by atoms with Crippen molar-refractivity contribution in [3.63, 3.8) is 0 Å². The standard InChI is InChI=1S/C13H8N4S.C6H11NO2/c1-2-4-10-9(3-1)5-6-17(10)12-11-13(15-7-14-12)18-8-16-11;8-5-7-6-1-3-9-4-2-6/h1-8H;5-6H,1-4H2,(H,7,8). The highest BCUT2D eigenvalue weighted by molar-refractivity contribution is 7.16. The van der Waals surface area contributed by atoms with Crippen LogP contribution in [0.15, 0.2) is 48.4 Å². The molecule has 8 heteroatoms. The summed E-state index contributed by atoms with van der Waals surface area (Å²) in [5.41, 5.74) is 3.78. The summed E-state index contributed by atoms with van der Waals surface area (Å²) in [4.78, 5) is 23.8. The van der Waals surface area contributed by atoms with Crippen molar-refractivity contribution in [2.75, 3.05) is 13.2 Å². The molecule has 0 atom stereocenters. The van der Waals surface area contributed by atoms with Crippen LogP contribution in [0, 0.1) is 0 Å². The average molecular weight is 381 g/mol. The number of carbonyl (C=O) groups is 1. The Labute approximate surface area is 160 Å². The van der Waals surface area contributed by atoms with Gasteiger partial charge in [-0.05, 0) is 30.4 Å². The van der Waals surface area contributed by atoms with Crippen LogP contribution in [-0.2, 0) is 9.53 Å². The van der Waals surface area contributed by atoms with E-state index in [2.05, 4.69) is 43.0 Å². The van der Waals surface area contributed by atoms with E-state index in [-0.39, 0.29) is 0 Å². The van der Waals surface area contributed by atoms with E-state index in [9.17, 15) is 4.79 Å². The van der Waals surface area contributed by atoms with Gasteiger partial charge in [-0.2, -0.15) is 0 Å². The number of benzene rings is 1. The van der Waals surface area contributed by atoms with Crippen LogP contribution < -0.4 is 5.32 Å². The molecule has 27 heavy (non-hydrogen) atoms. The number of amides is 1. The Kier molecular flexibility index (Phi) is 5.36. The Morgan fingerprint density at radius 1 is 1.15 bits per heavy atom. The molecule has 0 bridgehead atoms. The number of carbonyl (C=O) groups excluding carboxylic acids is 1. The number of hydrogen-bond acceptors (Lipinski definition) is 6. The van der Waals surface area contributed by atoms with E-state index in [0.29, 0.717) is 6.04 Å². The number of ether oxygens (including phenoxy) is 1. The molecule has 1 aliphatic heterocycles. The molecule has 0 unspecified atom stereocenters. The van der Waals surface area contributed by atoms with Crippen molar-refractivity contribution < 1.29 is 9.53 Å². The summed E-state index contributed by atoms with van der Waals surface area (Å²) >= 11 is 1.53. The number of rotatable bonds is 3. The minimum atomic E-state index is 0.358. The number of nitrogens with zero attached hydrogens (tertiary/aromatic N) is 4. The van der Waals surface area contributed by atoms with E-state index in [1.54, 1.807) is 11.8 Å². The Balaban J connectivity index is 0.000000170. The van der Waals surface area contributed by atoms with Gasteiger partial charge in [0.15, 0.2) is 5.82 Å². The molecule has 1 N–H and O–H groups in total. The smallest absolute Gasteiger partial charge is 0.207 e. The first-order chi connectivity index (χ1) is 13.4. The molecule has 4 aromatic rings. The third-order valence-corrected chi connectivity index (χ3v) is 5.20. The van der Waals surface area contributed by atoms with E-state index in [1.165, 1.54) is 16.7 Å². The SMILES string of the molecule is O=CNC1CCOCC1.c1ccc2c(c1)ccn2-c1ncnc2scnc12. The van der Waals surface area contributed by atoms with E-state index < -0.39 is 0 Å². The highest BCUT2D eigenvalue weighted by Gasteiger charge is 2.11. The normalized spacial score (nSPS) is 14.7. The van der Waals surface area contributed by atoms with Crippen molar-refractivity contribution in [1.82, 2.24) is 24.8 Å². The van der Waals surface area contributed by atoms with E-state index in [1.807, 2.05) is 18.3 Å². The molecule has 0 aliphatic carbocycles. The third kappa shape index (κ3) is 3.81. The second-order valence-electron chi connectivity index (χ2n) is 6.12. The zero-order valence-electron chi connectivity index (χ0n) is 14.6. The molecule has 0 radical (unpaired) electrons. The summed E-state index contributed by atoms with van der Waals surface area (Å²) in [6, 6.07) is 10.7. The Bertz CT molecular complexity index is 1040. The van der Waals surface area contributed by atoms with Gasteiger partial charge in [-0.15, -0.1) is 11.3 Å². The first-order valence-electron chi connectivity index (χ1n) is 8.75. The summed E-state index contributed by atoms with van der Waals surface area (Å²) in [5, 5.41) is 3.92. The molecule has 0 saturated carbocycles. The molecule has 1 fully saturated rings. The van der Waals surface area contributed by atoms with Gasteiger partial charge in [-0.3, -0.25) is 9.36 Å². The van der Waals surface area contributed by atoms with Crippen LogP contribution in [0.4, 0.5) is 0 Å². The second kappa shape index (κ2) is 8.24. The maximum atomic E-state index is 9.92. The van der Waals surface area contributed by atoms with Crippen LogP contribution in [0.3, 0.4) is 0 Å². The maximum absolute atomic E-state index is 9.92. The van der Waals surface area contributed by atoms with E-state index in [4.69, 9.17) is 4.74 Å². The predicted octanol–water partition coefficient (Wildman–Crippen LogP) is 2.94. The quantitative estimate of drug-likeness (QED) is 0.552. The van der Waals surface area contributed by atoms with Gasteiger partial charge >= 0.3 is 0 Å². The van der Waals surface area contributed by atoms with Gasteiger partial charge in [0.2, 0.25) is 6.41 Å². The number of thiazole rings is 1. The first-order valence-corrected chi connectivity index (χ1v) is 9.63. The minimum Gasteiger partial charge on any atom is -0.381 e. The fraction of sp³-hybridized carbons (Fsp3) is 0.263. The van der Waals surface area contributed by atoms with Crippen molar-refractivity contribution in [3.05, 3.63) is 48.4 Å². The number of aromatic nitrogens is 4. The van der Waals surface area contributed by atoms with Gasteiger partial charge in [0.05, 0.1) is 11.0 Å². The van der Waals surface area contributed by atoms with E-state index >= 15 is 0 Å². The lowest BCUT2D eigenvalue weighted by molar-refractivity contribution is -0.110. The molecular weight excluding hydrogens is 362 g/mol. The average Bonchev–Trinajstić information content (AvgIpc) is 3.36. The molecule has 1 aliphatic rings. The van der Waals surface area contributed by atoms with Gasteiger partial charge in [0.25, 0.3) is 0 Å². The summed E-state index contributed by atoms with van der Waals surface area (Å²) in [7, 11) is 0. The monoisotopic (exact) mass is 381 g/mol. The van der Waals surface area contributed by atoms with Gasteiger partial charge in [0, 0.05) is 25.5 Å². The summed E-state index contributed by atoms with van der Waals surface area (Å²) < 4.78 is 7.14. The molecule has 1 aromatic carbocycles. The van der Waals surface area contributed by atoms with Crippen LogP contribution in [0.5, 0.6) is 0 Å². The van der Waals surface area contributed by atoms with Crippen LogP contribution in [0.25, 0.3) is 27.1 Å². The number of para-hydroxylation sites is 1. The lowest BCUT2D eigenvalue weighted by atomic mass is 10.1. The molecule has 4 heterocycles. The number of hydrogen-bond donors (Lipinski definition) is 1. The van der Waals surface area contributed by atoms with Crippen molar-refractivity contribution in [2.45, 2.75) is 18.9 Å². The molecule has 3 aromatic heterocycles. The fourth-order valence-electron chi connectivity index (χ4n) is 3.09. The van der Waals surface area contributed by atoms with E-state index in [0.717, 1.165) is 54.1 Å². The molecule has 1 saturated heterocycles. The van der Waals surface area contributed by atoms with Gasteiger partial charge in [-0.25, -0.2) is 15.0 Å². The number of nitrogens with one attached hydrogen (secondary N) is 1. The summed E-state index contributed by atoms with van der Waals surface area (Å²) in [6.45, 7) is 1.57. The van der Waals surface area contributed by atoms with Crippen molar-refractivity contribution >= 4 is 39.0 Å². The second-order valence-corrected chi connectivity index (χ2v) is 6.95. The Morgan fingerprint density at radius 2 is 2.00 bits per heavy atom. The molecular formula is C19H19N5O2S. The van der Waals surface area contributed by atoms with Crippen LogP contribution in [0.2, 0.25) is 0 Å². The highest BCUT2D eigenvalue weighted by Crippen LogP contribution is 2.24. The lowest BCUT2D eigenvalue weighted by Crippen LogP contribution is -2.33. The number of fused-ring (bicyclic) bond motifs is 2. The molecule has 5 rings (SSSR count). The Hall–Kier alpha value is -2.84. The molecule has 138 valence electrons. The van der Waals surface area contributed by atoms with Crippen molar-refractivity contribution in [2.24, 2.45) is 0 Å². The zero-order chi connectivity index (χ0) is 18.5. The highest BCUT2D eigenvalue weighted by atomic mass is 32.1. The van der Waals surface area contributed by atoms with Gasteiger partial charge in [-0.1, -0.05) is 18.2 Å². The van der Waals surface area contributed by atoms with Crippen LogP contribution >= 0.6 is 11.3 Å². The molecule has 7 nitrogen and oxygen atoms in total. The topological polar surface area (TPSA) is 81.9 Å². The third-order valence-electron chi connectivity index (χ3n) is 4.47. The van der Waals surface area contributed by atoms with Gasteiger partial charge in [0.1, 0.15) is 16.7 Å². The first kappa shape index (κ1) is 17.6. The fourth-order valence-corrected chi connectivity index (χ4v) is 3.71. The Morgan fingerprint density at radius 3 is 2.85 bits per heavy atom. The zero-order valence-corrected chi connectivity index (χ0v) is 15.4. The largest absolute Gasteiger partial charge is 0.381 e. The summed E-state index contributed by atoms with van der Waals surface area (Å²) in [6.07, 6.45) is 6.28. The summed E-state index contributed by atoms with van der Waals surface area (Å²) in [5.74, 6) is 0.836. The lowest BCUT2D eigenvalue weighted by Gasteiger charge is -2.20. The molecule has 0 spiro atoms. The minimum absolute atomic E-state index is 0.358. The van der Waals surface area contributed by atoms with Crippen molar-refractivity contribution in [3.8, 4) is 5.82 Å². The maximum Gasteiger partial charge on any atom is 0.207 e. The van der Waals surface area contributed by atoms with Crippen LogP contribution in [0.1, 0.15) is 12.8 Å².